The summed E-state index contributed by atoms with van der Waals surface area (Å²) in [5.41, 5.74) is 0.313. The van der Waals surface area contributed by atoms with E-state index in [1.165, 1.54) is 32.1 Å². The van der Waals surface area contributed by atoms with Crippen molar-refractivity contribution in [2.45, 2.75) is 84.7 Å². The van der Waals surface area contributed by atoms with E-state index in [0.717, 1.165) is 25.9 Å². The Kier molecular flexibility index (Phi) is 5.70. The van der Waals surface area contributed by atoms with Crippen molar-refractivity contribution < 1.29 is 4.79 Å². The number of amides is 1. The molecule has 0 aromatic carbocycles. The predicted octanol–water partition coefficient (Wildman–Crippen LogP) is 3.58. The van der Waals surface area contributed by atoms with Gasteiger partial charge in [-0.2, -0.15) is 0 Å². The number of rotatable bonds is 4. The van der Waals surface area contributed by atoms with Gasteiger partial charge in [-0.05, 0) is 56.4 Å². The van der Waals surface area contributed by atoms with Crippen molar-refractivity contribution in [1.29, 1.82) is 0 Å². The molecular formula is C18H34N2O. The zero-order chi connectivity index (χ0) is 15.5. The second-order valence-electron chi connectivity index (χ2n) is 8.43. The first-order valence-electron chi connectivity index (χ1n) is 8.90. The van der Waals surface area contributed by atoms with Crippen molar-refractivity contribution >= 4 is 5.91 Å². The van der Waals surface area contributed by atoms with Gasteiger partial charge in [-0.25, -0.2) is 0 Å². The topological polar surface area (TPSA) is 32.3 Å². The second kappa shape index (κ2) is 7.13. The lowest BCUT2D eigenvalue weighted by atomic mass is 9.83. The molecule has 1 amide bonds. The average molecular weight is 294 g/mol. The molecule has 3 heteroatoms. The molecule has 2 saturated heterocycles. The molecule has 3 atom stereocenters. The highest BCUT2D eigenvalue weighted by Crippen LogP contribution is 2.29. The van der Waals surface area contributed by atoms with Gasteiger partial charge in [0.15, 0.2) is 0 Å². The van der Waals surface area contributed by atoms with Crippen molar-refractivity contribution in [3.63, 3.8) is 0 Å². The summed E-state index contributed by atoms with van der Waals surface area (Å²) >= 11 is 0. The second-order valence-corrected chi connectivity index (χ2v) is 8.43. The van der Waals surface area contributed by atoms with E-state index in [9.17, 15) is 4.79 Å². The number of nitrogens with zero attached hydrogens (tertiary/aromatic N) is 1. The fraction of sp³-hybridized carbons (Fsp3) is 0.944. The molecule has 3 unspecified atom stereocenters. The molecule has 0 aromatic rings. The lowest BCUT2D eigenvalue weighted by molar-refractivity contribution is -0.136. The Bertz CT molecular complexity index is 342. The van der Waals surface area contributed by atoms with E-state index < -0.39 is 0 Å². The van der Waals surface area contributed by atoms with Crippen LogP contribution in [-0.2, 0) is 4.79 Å². The zero-order valence-corrected chi connectivity index (χ0v) is 14.5. The Labute approximate surface area is 130 Å². The highest BCUT2D eigenvalue weighted by Gasteiger charge is 2.34. The van der Waals surface area contributed by atoms with Gasteiger partial charge in [0.25, 0.3) is 0 Å². The summed E-state index contributed by atoms with van der Waals surface area (Å²) in [5.74, 6) is 0.877. The van der Waals surface area contributed by atoms with Crippen LogP contribution in [0.25, 0.3) is 0 Å². The third-order valence-corrected chi connectivity index (χ3v) is 4.92. The minimum atomic E-state index is 0.313. The first-order valence-corrected chi connectivity index (χ1v) is 8.90. The third-order valence-electron chi connectivity index (χ3n) is 4.92. The van der Waals surface area contributed by atoms with E-state index >= 15 is 0 Å². The van der Waals surface area contributed by atoms with Crippen molar-refractivity contribution in [2.24, 2.45) is 11.3 Å². The van der Waals surface area contributed by atoms with E-state index in [0.29, 0.717) is 29.3 Å². The molecule has 0 aromatic heterocycles. The van der Waals surface area contributed by atoms with Crippen molar-refractivity contribution in [3.8, 4) is 0 Å². The van der Waals surface area contributed by atoms with E-state index in [1.807, 2.05) is 0 Å². The van der Waals surface area contributed by atoms with Crippen LogP contribution in [0.4, 0.5) is 0 Å². The monoisotopic (exact) mass is 294 g/mol. The van der Waals surface area contributed by atoms with Crippen LogP contribution in [0.3, 0.4) is 0 Å². The number of carbonyl (C=O) groups excluding carboxylic acids is 1. The van der Waals surface area contributed by atoms with Crippen LogP contribution in [0, 0.1) is 11.3 Å². The van der Waals surface area contributed by atoms with E-state index in [-0.39, 0.29) is 0 Å². The summed E-state index contributed by atoms with van der Waals surface area (Å²) < 4.78 is 0. The number of likely N-dealkylation sites (tertiary alicyclic amines) is 1. The highest BCUT2D eigenvalue weighted by molar-refractivity contribution is 5.77. The van der Waals surface area contributed by atoms with Gasteiger partial charge in [0.05, 0.1) is 0 Å². The summed E-state index contributed by atoms with van der Waals surface area (Å²) in [5, 5.41) is 3.61. The Balaban J connectivity index is 1.92. The predicted molar refractivity (Wildman–Crippen MR) is 88.2 cm³/mol. The number of piperidine rings is 1. The van der Waals surface area contributed by atoms with Gasteiger partial charge in [0.2, 0.25) is 5.91 Å². The number of hydrogen-bond donors (Lipinski definition) is 1. The molecule has 21 heavy (non-hydrogen) atoms. The summed E-state index contributed by atoms with van der Waals surface area (Å²) in [4.78, 5) is 15.0. The lowest BCUT2D eigenvalue weighted by Crippen LogP contribution is -2.52. The minimum absolute atomic E-state index is 0.313. The van der Waals surface area contributed by atoms with Crippen LogP contribution in [0.15, 0.2) is 0 Å². The SMILES string of the molecule is CC(CC(=O)N1CCCCC1C1CCCN1)CC(C)(C)C. The molecule has 1 N–H and O–H groups in total. The maximum absolute atomic E-state index is 12.8. The maximum Gasteiger partial charge on any atom is 0.223 e. The Hall–Kier alpha value is -0.570. The molecule has 2 heterocycles. The zero-order valence-electron chi connectivity index (χ0n) is 14.5. The molecule has 0 radical (unpaired) electrons. The first-order chi connectivity index (χ1) is 9.87. The fourth-order valence-corrected chi connectivity index (χ4v) is 4.26. The normalized spacial score (nSPS) is 28.7. The van der Waals surface area contributed by atoms with Gasteiger partial charge >= 0.3 is 0 Å². The molecule has 0 aliphatic carbocycles. The fourth-order valence-electron chi connectivity index (χ4n) is 4.26. The molecule has 122 valence electrons. The van der Waals surface area contributed by atoms with Crippen LogP contribution in [0.1, 0.15) is 72.6 Å². The summed E-state index contributed by atoms with van der Waals surface area (Å²) in [6.45, 7) is 11.1. The molecular weight excluding hydrogens is 260 g/mol. The lowest BCUT2D eigenvalue weighted by Gasteiger charge is -2.40. The number of carbonyl (C=O) groups is 1. The minimum Gasteiger partial charge on any atom is -0.338 e. The molecule has 2 aliphatic heterocycles. The Morgan fingerprint density at radius 3 is 2.62 bits per heavy atom. The van der Waals surface area contributed by atoms with E-state index in [1.54, 1.807) is 0 Å². The molecule has 0 spiro atoms. The smallest absolute Gasteiger partial charge is 0.223 e. The van der Waals surface area contributed by atoms with Gasteiger partial charge in [0.1, 0.15) is 0 Å². The summed E-state index contributed by atoms with van der Waals surface area (Å²) in [6.07, 6.45) is 8.01. The van der Waals surface area contributed by atoms with Crippen molar-refractivity contribution in [3.05, 3.63) is 0 Å². The van der Waals surface area contributed by atoms with Gasteiger partial charge < -0.3 is 10.2 Å². The van der Waals surface area contributed by atoms with Crippen molar-refractivity contribution in [1.82, 2.24) is 10.2 Å². The standard InChI is InChI=1S/C18H34N2O/c1-14(13-18(2,3)4)12-17(21)20-11-6-5-9-16(20)15-8-7-10-19-15/h14-16,19H,5-13H2,1-4H3. The molecule has 2 rings (SSSR count). The van der Waals surface area contributed by atoms with E-state index in [4.69, 9.17) is 0 Å². The van der Waals surface area contributed by atoms with Crippen LogP contribution in [0.5, 0.6) is 0 Å². The van der Waals surface area contributed by atoms with E-state index in [2.05, 4.69) is 37.9 Å². The Morgan fingerprint density at radius 1 is 1.24 bits per heavy atom. The Morgan fingerprint density at radius 2 is 2.00 bits per heavy atom. The number of hydrogen-bond acceptors (Lipinski definition) is 2. The van der Waals surface area contributed by atoms with Crippen LogP contribution in [0.2, 0.25) is 0 Å². The van der Waals surface area contributed by atoms with Crippen LogP contribution >= 0.6 is 0 Å². The van der Waals surface area contributed by atoms with Crippen LogP contribution < -0.4 is 5.32 Å². The largest absolute Gasteiger partial charge is 0.338 e. The summed E-state index contributed by atoms with van der Waals surface area (Å²) in [6, 6.07) is 1.00. The van der Waals surface area contributed by atoms with Crippen LogP contribution in [-0.4, -0.2) is 36.0 Å². The first kappa shape index (κ1) is 16.8. The number of nitrogens with one attached hydrogen (secondary N) is 1. The van der Waals surface area contributed by atoms with Gasteiger partial charge in [0, 0.05) is 25.0 Å². The average Bonchev–Trinajstić information content (AvgIpc) is 2.90. The van der Waals surface area contributed by atoms with Gasteiger partial charge in [-0.1, -0.05) is 27.7 Å². The van der Waals surface area contributed by atoms with Gasteiger partial charge in [-0.15, -0.1) is 0 Å². The highest BCUT2D eigenvalue weighted by atomic mass is 16.2. The van der Waals surface area contributed by atoms with Crippen molar-refractivity contribution in [2.75, 3.05) is 13.1 Å². The molecule has 2 aliphatic rings. The maximum atomic E-state index is 12.8. The molecule has 2 fully saturated rings. The quantitative estimate of drug-likeness (QED) is 0.859. The third kappa shape index (κ3) is 4.98. The molecule has 3 nitrogen and oxygen atoms in total. The van der Waals surface area contributed by atoms with Gasteiger partial charge in [-0.3, -0.25) is 4.79 Å². The molecule has 0 bridgehead atoms. The molecule has 0 saturated carbocycles. The summed E-state index contributed by atoms with van der Waals surface area (Å²) in [7, 11) is 0.